The van der Waals surface area contributed by atoms with E-state index in [2.05, 4.69) is 25.2 Å². The Morgan fingerprint density at radius 2 is 1.78 bits per heavy atom. The van der Waals surface area contributed by atoms with Crippen LogP contribution in [0.2, 0.25) is 0 Å². The van der Waals surface area contributed by atoms with Gasteiger partial charge in [-0.25, -0.2) is 15.0 Å². The Bertz CT molecular complexity index is 1190. The molecule has 0 radical (unpaired) electrons. The van der Waals surface area contributed by atoms with Gasteiger partial charge in [0.25, 0.3) is 0 Å². The second-order valence-electron chi connectivity index (χ2n) is 8.93. The Balaban J connectivity index is 1.86. The molecule has 3 aromatic rings. The number of anilines is 2. The molecule has 0 aliphatic heterocycles. The van der Waals surface area contributed by atoms with Crippen LogP contribution >= 0.6 is 0 Å². The Morgan fingerprint density at radius 1 is 1.03 bits per heavy atom. The van der Waals surface area contributed by atoms with Crippen LogP contribution in [0.3, 0.4) is 0 Å². The molecular weight excluding hydrogens is 473 g/mol. The van der Waals surface area contributed by atoms with E-state index < -0.39 is 17.9 Å². The van der Waals surface area contributed by atoms with Gasteiger partial charge < -0.3 is 25.4 Å². The molecule has 1 atom stereocenters. The highest BCUT2D eigenvalue weighted by Gasteiger charge is 2.33. The number of benzene rings is 1. The monoisotopic (exact) mass is 506 g/mol. The lowest BCUT2D eigenvalue weighted by atomic mass is 10.1. The first kappa shape index (κ1) is 27.3. The average Bonchev–Trinajstić information content (AvgIpc) is 2.79. The van der Waals surface area contributed by atoms with Gasteiger partial charge in [0.05, 0.1) is 31.0 Å². The summed E-state index contributed by atoms with van der Waals surface area (Å²) in [6.45, 7) is 4.98. The van der Waals surface area contributed by atoms with Crippen LogP contribution in [0.25, 0.3) is 10.9 Å². The topological polar surface area (TPSA) is 98.4 Å². The maximum Gasteiger partial charge on any atom is 0.433 e. The predicted octanol–water partition coefficient (Wildman–Crippen LogP) is 5.23. The van der Waals surface area contributed by atoms with Crippen LogP contribution in [-0.4, -0.2) is 54.2 Å². The highest BCUT2D eigenvalue weighted by atomic mass is 19.4. The minimum Gasteiger partial charge on any atom is -0.493 e. The van der Waals surface area contributed by atoms with Gasteiger partial charge in [-0.2, -0.15) is 13.2 Å². The largest absolute Gasteiger partial charge is 0.493 e. The smallest absolute Gasteiger partial charge is 0.433 e. The van der Waals surface area contributed by atoms with Crippen molar-refractivity contribution in [1.29, 1.82) is 0 Å². The van der Waals surface area contributed by atoms with Crippen molar-refractivity contribution in [2.45, 2.75) is 45.3 Å². The maximum atomic E-state index is 13.2. The molecule has 0 aliphatic rings. The van der Waals surface area contributed by atoms with Crippen molar-refractivity contribution in [2.75, 3.05) is 45.4 Å². The van der Waals surface area contributed by atoms with Gasteiger partial charge in [0, 0.05) is 17.1 Å². The van der Waals surface area contributed by atoms with Gasteiger partial charge in [-0.3, -0.25) is 0 Å². The van der Waals surface area contributed by atoms with Crippen molar-refractivity contribution in [1.82, 2.24) is 19.9 Å². The van der Waals surface area contributed by atoms with E-state index in [0.29, 0.717) is 40.7 Å². The van der Waals surface area contributed by atoms with Gasteiger partial charge in [0.2, 0.25) is 0 Å². The van der Waals surface area contributed by atoms with Crippen LogP contribution in [0.5, 0.6) is 11.5 Å². The van der Waals surface area contributed by atoms with Crippen molar-refractivity contribution in [3.8, 4) is 11.5 Å². The van der Waals surface area contributed by atoms with Gasteiger partial charge >= 0.3 is 6.18 Å². The predicted molar refractivity (Wildman–Crippen MR) is 134 cm³/mol. The standard InChI is InChI=1S/C25H33F3N6O2/c1-15(19-11-17(29)12-23(33-19)25(26,27)28)30-24-18-13-22(36-10-8-6-7-9-34(3)4)21(35-5)14-20(18)31-16(2)32-24/h11-15H,6-10H2,1-5H3,(H2,29,33)(H,30,31,32)/t15-/m1/s1. The summed E-state index contributed by atoms with van der Waals surface area (Å²) in [5, 5.41) is 3.82. The molecule has 3 N–H and O–H groups in total. The molecule has 2 aromatic heterocycles. The lowest BCUT2D eigenvalue weighted by Gasteiger charge is -2.19. The van der Waals surface area contributed by atoms with Crippen LogP contribution < -0.4 is 20.5 Å². The molecule has 0 bridgehead atoms. The summed E-state index contributed by atoms with van der Waals surface area (Å²) in [7, 11) is 5.65. The van der Waals surface area contributed by atoms with Gasteiger partial charge in [-0.1, -0.05) is 0 Å². The summed E-state index contributed by atoms with van der Waals surface area (Å²) >= 11 is 0. The molecule has 0 spiro atoms. The van der Waals surface area contributed by atoms with Gasteiger partial charge in [-0.05, 0) is 71.9 Å². The summed E-state index contributed by atoms with van der Waals surface area (Å²) in [4.78, 5) is 14.9. The average molecular weight is 507 g/mol. The number of fused-ring (bicyclic) bond motifs is 1. The van der Waals surface area contributed by atoms with Crippen molar-refractivity contribution >= 4 is 22.4 Å². The van der Waals surface area contributed by atoms with Crippen molar-refractivity contribution in [3.63, 3.8) is 0 Å². The highest BCUT2D eigenvalue weighted by Crippen LogP contribution is 2.36. The highest BCUT2D eigenvalue weighted by molar-refractivity contribution is 5.92. The third-order valence-corrected chi connectivity index (χ3v) is 5.55. The molecular formula is C25H33F3N6O2. The van der Waals surface area contributed by atoms with E-state index in [4.69, 9.17) is 15.2 Å². The summed E-state index contributed by atoms with van der Waals surface area (Å²) in [6.07, 6.45) is -1.59. The molecule has 0 fully saturated rings. The minimum absolute atomic E-state index is 0.0179. The lowest BCUT2D eigenvalue weighted by molar-refractivity contribution is -0.141. The molecule has 3 rings (SSSR count). The normalized spacial score (nSPS) is 12.7. The number of halogens is 3. The number of nitrogens with two attached hydrogens (primary N) is 1. The molecule has 11 heteroatoms. The number of pyridine rings is 1. The Hall–Kier alpha value is -3.34. The second kappa shape index (κ2) is 11.6. The van der Waals surface area contributed by atoms with E-state index >= 15 is 0 Å². The fraction of sp³-hybridized carbons (Fsp3) is 0.480. The zero-order valence-corrected chi connectivity index (χ0v) is 21.2. The maximum absolute atomic E-state index is 13.2. The van der Waals surface area contributed by atoms with E-state index in [9.17, 15) is 13.2 Å². The number of hydrogen-bond donors (Lipinski definition) is 2. The number of aromatic nitrogens is 3. The first-order chi connectivity index (χ1) is 17.0. The number of nitrogens with one attached hydrogen (secondary N) is 1. The van der Waals surface area contributed by atoms with Crippen molar-refractivity contribution in [2.24, 2.45) is 0 Å². The fourth-order valence-corrected chi connectivity index (χ4v) is 3.74. The zero-order valence-electron chi connectivity index (χ0n) is 21.2. The Labute approximate surface area is 209 Å². The lowest BCUT2D eigenvalue weighted by Crippen LogP contribution is -2.15. The molecule has 2 heterocycles. The molecule has 0 saturated carbocycles. The van der Waals surface area contributed by atoms with E-state index in [-0.39, 0.29) is 11.4 Å². The van der Waals surface area contributed by atoms with Gasteiger partial charge in [0.1, 0.15) is 17.3 Å². The quantitative estimate of drug-likeness (QED) is 0.341. The third-order valence-electron chi connectivity index (χ3n) is 5.55. The molecule has 0 unspecified atom stereocenters. The van der Waals surface area contributed by atoms with Gasteiger partial charge in [-0.15, -0.1) is 0 Å². The number of rotatable bonds is 11. The van der Waals surface area contributed by atoms with Crippen molar-refractivity contribution in [3.05, 3.63) is 41.5 Å². The number of alkyl halides is 3. The third kappa shape index (κ3) is 7.09. The molecule has 8 nitrogen and oxygen atoms in total. The van der Waals surface area contributed by atoms with E-state index in [0.717, 1.165) is 31.9 Å². The second-order valence-corrected chi connectivity index (χ2v) is 8.93. The van der Waals surface area contributed by atoms with Crippen LogP contribution in [-0.2, 0) is 6.18 Å². The number of unbranched alkanes of at least 4 members (excludes halogenated alkanes) is 2. The van der Waals surface area contributed by atoms with Crippen LogP contribution in [0.4, 0.5) is 24.7 Å². The van der Waals surface area contributed by atoms with Crippen LogP contribution in [0.15, 0.2) is 24.3 Å². The molecule has 36 heavy (non-hydrogen) atoms. The number of nitrogens with zero attached hydrogens (tertiary/aromatic N) is 4. The first-order valence-corrected chi connectivity index (χ1v) is 11.7. The van der Waals surface area contributed by atoms with E-state index in [1.165, 1.54) is 6.07 Å². The number of hydrogen-bond acceptors (Lipinski definition) is 8. The van der Waals surface area contributed by atoms with Gasteiger partial charge in [0.15, 0.2) is 11.5 Å². The number of methoxy groups -OCH3 is 1. The van der Waals surface area contributed by atoms with E-state index in [1.54, 1.807) is 33.1 Å². The molecule has 1 aromatic carbocycles. The minimum atomic E-state index is -4.60. The summed E-state index contributed by atoms with van der Waals surface area (Å²) < 4.78 is 51.2. The number of ether oxygens (including phenoxy) is 2. The fourth-order valence-electron chi connectivity index (χ4n) is 3.74. The van der Waals surface area contributed by atoms with Crippen LogP contribution in [0, 0.1) is 6.92 Å². The Morgan fingerprint density at radius 3 is 2.44 bits per heavy atom. The molecule has 0 amide bonds. The zero-order chi connectivity index (χ0) is 26.5. The summed E-state index contributed by atoms with van der Waals surface area (Å²) in [5.74, 6) is 2.02. The summed E-state index contributed by atoms with van der Waals surface area (Å²) in [6, 6.07) is 5.17. The molecule has 0 aliphatic carbocycles. The van der Waals surface area contributed by atoms with Crippen molar-refractivity contribution < 1.29 is 22.6 Å². The van der Waals surface area contributed by atoms with Crippen LogP contribution in [0.1, 0.15) is 49.4 Å². The Kier molecular flexibility index (Phi) is 8.78. The summed E-state index contributed by atoms with van der Waals surface area (Å²) in [5.41, 5.74) is 5.42. The molecule has 196 valence electrons. The SMILES string of the molecule is COc1cc2nc(C)nc(N[C@H](C)c3cc(N)cc(C(F)(F)F)n3)c2cc1OCCCCCN(C)C. The molecule has 0 saturated heterocycles. The number of nitrogen functional groups attached to an aromatic ring is 1. The van der Waals surface area contributed by atoms with E-state index in [1.807, 2.05) is 14.1 Å². The number of aryl methyl sites for hydroxylation is 1. The first-order valence-electron chi connectivity index (χ1n) is 11.7.